The molecule has 0 bridgehead atoms. The Morgan fingerprint density at radius 1 is 1.19 bits per heavy atom. The van der Waals surface area contributed by atoms with Crippen LogP contribution in [0.25, 0.3) is 0 Å². The molecule has 86 valence electrons. The second kappa shape index (κ2) is 4.28. The first-order valence-corrected chi connectivity index (χ1v) is 5.92. The SMILES string of the molecule is CC(C)c1ccc(C(C(=O)O)C2CC2)cc1. The molecule has 0 heterocycles. The Bertz CT molecular complexity index is 374. The van der Waals surface area contributed by atoms with Gasteiger partial charge in [0.15, 0.2) is 0 Å². The zero-order chi connectivity index (χ0) is 11.7. The van der Waals surface area contributed by atoms with Crippen LogP contribution in [-0.2, 0) is 4.79 Å². The lowest BCUT2D eigenvalue weighted by Crippen LogP contribution is -2.13. The largest absolute Gasteiger partial charge is 0.481 e. The Balaban J connectivity index is 2.22. The fourth-order valence-corrected chi connectivity index (χ4v) is 2.13. The van der Waals surface area contributed by atoms with Crippen molar-refractivity contribution in [2.45, 2.75) is 38.5 Å². The summed E-state index contributed by atoms with van der Waals surface area (Å²) in [6.07, 6.45) is 2.12. The van der Waals surface area contributed by atoms with Gasteiger partial charge < -0.3 is 5.11 Å². The number of carboxylic acids is 1. The molecule has 1 aromatic carbocycles. The minimum atomic E-state index is -0.681. The standard InChI is InChI=1S/C14H18O2/c1-9(2)10-3-5-11(6-4-10)13(14(15)16)12-7-8-12/h3-6,9,12-13H,7-8H2,1-2H3,(H,15,16). The summed E-state index contributed by atoms with van der Waals surface area (Å²) in [6, 6.07) is 8.06. The van der Waals surface area contributed by atoms with Gasteiger partial charge in [-0.15, -0.1) is 0 Å². The van der Waals surface area contributed by atoms with Crippen molar-refractivity contribution >= 4 is 5.97 Å². The average molecular weight is 218 g/mol. The van der Waals surface area contributed by atoms with Crippen LogP contribution in [0.3, 0.4) is 0 Å². The normalized spacial score (nSPS) is 17.4. The van der Waals surface area contributed by atoms with Gasteiger partial charge in [0.1, 0.15) is 0 Å². The minimum Gasteiger partial charge on any atom is -0.481 e. The molecule has 16 heavy (non-hydrogen) atoms. The summed E-state index contributed by atoms with van der Waals surface area (Å²) in [5.74, 6) is -0.110. The molecule has 0 aromatic heterocycles. The predicted octanol–water partition coefficient (Wildman–Crippen LogP) is 3.39. The van der Waals surface area contributed by atoms with Gasteiger partial charge in [-0.05, 0) is 35.8 Å². The lowest BCUT2D eigenvalue weighted by Gasteiger charge is -2.13. The summed E-state index contributed by atoms with van der Waals surface area (Å²) < 4.78 is 0. The molecule has 1 unspecified atom stereocenters. The van der Waals surface area contributed by atoms with Gasteiger partial charge in [0, 0.05) is 0 Å². The summed E-state index contributed by atoms with van der Waals surface area (Å²) in [5, 5.41) is 9.22. The second-order valence-electron chi connectivity index (χ2n) is 4.97. The van der Waals surface area contributed by atoms with Crippen molar-refractivity contribution in [3.63, 3.8) is 0 Å². The zero-order valence-corrected chi connectivity index (χ0v) is 9.81. The van der Waals surface area contributed by atoms with Crippen LogP contribution < -0.4 is 0 Å². The van der Waals surface area contributed by atoms with Crippen LogP contribution in [0.4, 0.5) is 0 Å². The monoisotopic (exact) mass is 218 g/mol. The third-order valence-electron chi connectivity index (χ3n) is 3.32. The van der Waals surface area contributed by atoms with Crippen LogP contribution in [0.5, 0.6) is 0 Å². The van der Waals surface area contributed by atoms with Crippen LogP contribution in [0, 0.1) is 5.92 Å². The van der Waals surface area contributed by atoms with E-state index in [1.54, 1.807) is 0 Å². The van der Waals surface area contributed by atoms with E-state index in [0.29, 0.717) is 11.8 Å². The Morgan fingerprint density at radius 2 is 1.69 bits per heavy atom. The number of benzene rings is 1. The maximum Gasteiger partial charge on any atom is 0.311 e. The van der Waals surface area contributed by atoms with E-state index in [4.69, 9.17) is 0 Å². The topological polar surface area (TPSA) is 37.3 Å². The van der Waals surface area contributed by atoms with Gasteiger partial charge in [-0.3, -0.25) is 4.79 Å². The first kappa shape index (κ1) is 11.2. The van der Waals surface area contributed by atoms with Gasteiger partial charge in [0.2, 0.25) is 0 Å². The molecule has 0 radical (unpaired) electrons. The Labute approximate surface area is 96.3 Å². The van der Waals surface area contributed by atoms with E-state index >= 15 is 0 Å². The summed E-state index contributed by atoms with van der Waals surface area (Å²) in [6.45, 7) is 4.29. The summed E-state index contributed by atoms with van der Waals surface area (Å²) in [4.78, 5) is 11.2. The summed E-state index contributed by atoms with van der Waals surface area (Å²) in [7, 11) is 0. The Morgan fingerprint density at radius 3 is 2.06 bits per heavy atom. The molecule has 1 fully saturated rings. The third-order valence-corrected chi connectivity index (χ3v) is 3.32. The van der Waals surface area contributed by atoms with Crippen molar-refractivity contribution in [1.82, 2.24) is 0 Å². The van der Waals surface area contributed by atoms with Gasteiger partial charge in [-0.2, -0.15) is 0 Å². The molecule has 1 aromatic rings. The van der Waals surface area contributed by atoms with Crippen LogP contribution in [0.15, 0.2) is 24.3 Å². The van der Waals surface area contributed by atoms with Crippen molar-refractivity contribution < 1.29 is 9.90 Å². The molecule has 0 aliphatic heterocycles. The van der Waals surface area contributed by atoms with Crippen molar-refractivity contribution in [2.75, 3.05) is 0 Å². The summed E-state index contributed by atoms with van der Waals surface area (Å²) in [5.41, 5.74) is 2.23. The highest BCUT2D eigenvalue weighted by Crippen LogP contribution is 2.42. The molecule has 0 spiro atoms. The number of rotatable bonds is 4. The number of carboxylic acid groups (broad SMARTS) is 1. The van der Waals surface area contributed by atoms with Gasteiger partial charge in [-0.25, -0.2) is 0 Å². The Kier molecular flexibility index (Phi) is 2.99. The highest BCUT2D eigenvalue weighted by Gasteiger charge is 2.37. The van der Waals surface area contributed by atoms with E-state index in [-0.39, 0.29) is 5.92 Å². The number of aliphatic carboxylic acids is 1. The highest BCUT2D eigenvalue weighted by molar-refractivity contribution is 5.77. The second-order valence-corrected chi connectivity index (χ2v) is 4.97. The van der Waals surface area contributed by atoms with Gasteiger partial charge >= 0.3 is 5.97 Å². The van der Waals surface area contributed by atoms with Crippen molar-refractivity contribution in [3.05, 3.63) is 35.4 Å². The quantitative estimate of drug-likeness (QED) is 0.841. The lowest BCUT2D eigenvalue weighted by molar-refractivity contribution is -0.139. The Hall–Kier alpha value is -1.31. The summed E-state index contributed by atoms with van der Waals surface area (Å²) >= 11 is 0. The number of hydrogen-bond acceptors (Lipinski definition) is 1. The number of carbonyl (C=O) groups is 1. The van der Waals surface area contributed by atoms with Crippen LogP contribution in [0.2, 0.25) is 0 Å². The molecular weight excluding hydrogens is 200 g/mol. The third kappa shape index (κ3) is 2.26. The highest BCUT2D eigenvalue weighted by atomic mass is 16.4. The molecule has 2 heteroatoms. The van der Waals surface area contributed by atoms with Crippen LogP contribution in [0.1, 0.15) is 49.7 Å². The van der Waals surface area contributed by atoms with Crippen LogP contribution >= 0.6 is 0 Å². The molecule has 1 atom stereocenters. The predicted molar refractivity (Wildman–Crippen MR) is 63.6 cm³/mol. The smallest absolute Gasteiger partial charge is 0.311 e. The molecule has 2 rings (SSSR count). The lowest BCUT2D eigenvalue weighted by atomic mass is 9.92. The maximum absolute atomic E-state index is 11.2. The van der Waals surface area contributed by atoms with E-state index in [0.717, 1.165) is 18.4 Å². The fourth-order valence-electron chi connectivity index (χ4n) is 2.13. The molecule has 2 nitrogen and oxygen atoms in total. The van der Waals surface area contributed by atoms with Crippen LogP contribution in [-0.4, -0.2) is 11.1 Å². The molecule has 1 aliphatic rings. The van der Waals surface area contributed by atoms with Gasteiger partial charge in [0.25, 0.3) is 0 Å². The van der Waals surface area contributed by atoms with Gasteiger partial charge in [0.05, 0.1) is 5.92 Å². The zero-order valence-electron chi connectivity index (χ0n) is 9.81. The van der Waals surface area contributed by atoms with E-state index in [1.165, 1.54) is 5.56 Å². The average Bonchev–Trinajstić information content (AvgIpc) is 3.02. The molecular formula is C14H18O2. The van der Waals surface area contributed by atoms with E-state index in [2.05, 4.69) is 26.0 Å². The molecule has 0 amide bonds. The first-order chi connectivity index (χ1) is 7.59. The van der Waals surface area contributed by atoms with E-state index in [9.17, 15) is 9.90 Å². The van der Waals surface area contributed by atoms with Gasteiger partial charge in [-0.1, -0.05) is 38.1 Å². The number of hydrogen-bond donors (Lipinski definition) is 1. The van der Waals surface area contributed by atoms with Crippen molar-refractivity contribution in [1.29, 1.82) is 0 Å². The fraction of sp³-hybridized carbons (Fsp3) is 0.500. The minimum absolute atomic E-state index is 0.291. The van der Waals surface area contributed by atoms with E-state index < -0.39 is 5.97 Å². The van der Waals surface area contributed by atoms with Crippen molar-refractivity contribution in [3.8, 4) is 0 Å². The first-order valence-electron chi connectivity index (χ1n) is 5.92. The van der Waals surface area contributed by atoms with Crippen molar-refractivity contribution in [2.24, 2.45) is 5.92 Å². The molecule has 1 saturated carbocycles. The van der Waals surface area contributed by atoms with E-state index in [1.807, 2.05) is 12.1 Å². The molecule has 1 aliphatic carbocycles. The molecule has 1 N–H and O–H groups in total. The maximum atomic E-state index is 11.2. The molecule has 0 saturated heterocycles.